The molecule has 0 aliphatic rings. The van der Waals surface area contributed by atoms with Crippen LogP contribution in [0.2, 0.25) is 0 Å². The van der Waals surface area contributed by atoms with Crippen LogP contribution in [0.3, 0.4) is 0 Å². The van der Waals surface area contributed by atoms with Crippen molar-refractivity contribution in [2.24, 2.45) is 0 Å². The number of nitrogens with zero attached hydrogens (tertiary/aromatic N) is 1. The number of aromatic nitrogens is 2. The Balaban J connectivity index is 1.97. The number of anilines is 1. The summed E-state index contributed by atoms with van der Waals surface area (Å²) >= 11 is 0. The van der Waals surface area contributed by atoms with Gasteiger partial charge in [-0.15, -0.1) is 0 Å². The number of aromatic amines is 1. The molecule has 1 aromatic carbocycles. The third-order valence-corrected chi connectivity index (χ3v) is 3.04. The number of amides is 1. The molecule has 0 spiro atoms. The minimum atomic E-state index is -0.318. The van der Waals surface area contributed by atoms with Crippen molar-refractivity contribution in [3.05, 3.63) is 47.0 Å². The molecular formula is C14H17FN4O. The fourth-order valence-electron chi connectivity index (χ4n) is 1.93. The summed E-state index contributed by atoms with van der Waals surface area (Å²) < 4.78 is 12.8. The molecule has 1 unspecified atom stereocenters. The van der Waals surface area contributed by atoms with Gasteiger partial charge in [-0.25, -0.2) is 4.39 Å². The van der Waals surface area contributed by atoms with Gasteiger partial charge in [-0.2, -0.15) is 5.10 Å². The number of aryl methyl sites for hydroxylation is 1. The predicted octanol–water partition coefficient (Wildman–Crippen LogP) is 1.80. The van der Waals surface area contributed by atoms with E-state index in [-0.39, 0.29) is 23.5 Å². The van der Waals surface area contributed by atoms with Gasteiger partial charge < -0.3 is 11.1 Å². The number of carbonyl (C=O) groups is 1. The number of H-pyrrole nitrogens is 1. The standard InChI is InChI=1S/C14H17FN4O/c1-8(7-10-3-5-11(15)6-4-10)17-14(20)13-12(16)9(2)18-19-13/h3-6,8H,7,16H2,1-2H3,(H,17,20)(H,18,19). The van der Waals surface area contributed by atoms with Crippen molar-refractivity contribution in [2.75, 3.05) is 5.73 Å². The number of benzene rings is 1. The summed E-state index contributed by atoms with van der Waals surface area (Å²) in [6, 6.07) is 6.10. The largest absolute Gasteiger partial charge is 0.395 e. The number of hydrogen-bond donors (Lipinski definition) is 3. The summed E-state index contributed by atoms with van der Waals surface area (Å²) in [6.07, 6.45) is 0.606. The molecule has 0 saturated heterocycles. The molecule has 1 atom stereocenters. The summed E-state index contributed by atoms with van der Waals surface area (Å²) in [5, 5.41) is 9.36. The number of nitrogen functional groups attached to an aromatic ring is 1. The molecule has 2 aromatic rings. The van der Waals surface area contributed by atoms with Gasteiger partial charge in [0.15, 0.2) is 5.69 Å². The van der Waals surface area contributed by atoms with Gasteiger partial charge in [0.2, 0.25) is 0 Å². The zero-order valence-electron chi connectivity index (χ0n) is 11.4. The Morgan fingerprint density at radius 1 is 1.45 bits per heavy atom. The normalized spacial score (nSPS) is 12.2. The zero-order valence-corrected chi connectivity index (χ0v) is 11.4. The monoisotopic (exact) mass is 276 g/mol. The van der Waals surface area contributed by atoms with E-state index in [0.717, 1.165) is 5.56 Å². The Bertz CT molecular complexity index is 606. The van der Waals surface area contributed by atoms with Crippen LogP contribution in [0.1, 0.15) is 28.7 Å². The van der Waals surface area contributed by atoms with E-state index in [4.69, 9.17) is 5.73 Å². The lowest BCUT2D eigenvalue weighted by Gasteiger charge is -2.13. The molecule has 0 radical (unpaired) electrons. The van der Waals surface area contributed by atoms with E-state index in [1.165, 1.54) is 12.1 Å². The van der Waals surface area contributed by atoms with E-state index in [0.29, 0.717) is 17.8 Å². The van der Waals surface area contributed by atoms with E-state index in [9.17, 15) is 9.18 Å². The molecule has 20 heavy (non-hydrogen) atoms. The molecule has 4 N–H and O–H groups in total. The number of nitrogens with two attached hydrogens (primary N) is 1. The van der Waals surface area contributed by atoms with Crippen LogP contribution in [0.4, 0.5) is 10.1 Å². The highest BCUT2D eigenvalue weighted by atomic mass is 19.1. The predicted molar refractivity (Wildman–Crippen MR) is 74.8 cm³/mol. The molecular weight excluding hydrogens is 259 g/mol. The number of hydrogen-bond acceptors (Lipinski definition) is 3. The first-order valence-electron chi connectivity index (χ1n) is 6.33. The van der Waals surface area contributed by atoms with Gasteiger partial charge >= 0.3 is 0 Å². The maximum Gasteiger partial charge on any atom is 0.274 e. The molecule has 106 valence electrons. The molecule has 5 nitrogen and oxygen atoms in total. The minimum Gasteiger partial charge on any atom is -0.395 e. The van der Waals surface area contributed by atoms with Crippen LogP contribution >= 0.6 is 0 Å². The van der Waals surface area contributed by atoms with E-state index in [2.05, 4.69) is 15.5 Å². The number of halogens is 1. The number of carbonyl (C=O) groups excluding carboxylic acids is 1. The number of nitrogens with one attached hydrogen (secondary N) is 2. The van der Waals surface area contributed by atoms with Gasteiger partial charge in [0.05, 0.1) is 11.4 Å². The quantitative estimate of drug-likeness (QED) is 0.796. The molecule has 0 bridgehead atoms. The average Bonchev–Trinajstić information content (AvgIpc) is 2.73. The molecule has 1 amide bonds. The van der Waals surface area contributed by atoms with E-state index in [1.807, 2.05) is 6.92 Å². The highest BCUT2D eigenvalue weighted by Gasteiger charge is 2.17. The second-order valence-corrected chi connectivity index (χ2v) is 4.82. The van der Waals surface area contributed by atoms with E-state index < -0.39 is 0 Å². The van der Waals surface area contributed by atoms with Gasteiger partial charge in [-0.05, 0) is 38.0 Å². The van der Waals surface area contributed by atoms with Crippen LogP contribution in [-0.4, -0.2) is 22.1 Å². The van der Waals surface area contributed by atoms with Crippen molar-refractivity contribution in [2.45, 2.75) is 26.3 Å². The lowest BCUT2D eigenvalue weighted by Crippen LogP contribution is -2.34. The fraction of sp³-hybridized carbons (Fsp3) is 0.286. The molecule has 0 saturated carbocycles. The van der Waals surface area contributed by atoms with Crippen molar-refractivity contribution >= 4 is 11.6 Å². The maximum absolute atomic E-state index is 12.8. The fourth-order valence-corrected chi connectivity index (χ4v) is 1.93. The van der Waals surface area contributed by atoms with Crippen LogP contribution in [0.5, 0.6) is 0 Å². The molecule has 0 fully saturated rings. The molecule has 1 aromatic heterocycles. The second kappa shape index (κ2) is 5.73. The molecule has 6 heteroatoms. The molecule has 0 aliphatic carbocycles. The van der Waals surface area contributed by atoms with Gasteiger partial charge in [0.25, 0.3) is 5.91 Å². The summed E-state index contributed by atoms with van der Waals surface area (Å²) in [4.78, 5) is 12.0. The first-order chi connectivity index (χ1) is 9.47. The Kier molecular flexibility index (Phi) is 4.02. The molecule has 1 heterocycles. The lowest BCUT2D eigenvalue weighted by molar-refractivity contribution is 0.0936. The Morgan fingerprint density at radius 3 is 2.65 bits per heavy atom. The first-order valence-corrected chi connectivity index (χ1v) is 6.33. The van der Waals surface area contributed by atoms with Gasteiger partial charge in [0.1, 0.15) is 5.82 Å². The Labute approximate surface area is 116 Å². The van der Waals surface area contributed by atoms with Crippen molar-refractivity contribution in [1.29, 1.82) is 0 Å². The van der Waals surface area contributed by atoms with Gasteiger partial charge in [-0.1, -0.05) is 12.1 Å². The molecule has 2 rings (SSSR count). The highest BCUT2D eigenvalue weighted by molar-refractivity contribution is 5.97. The average molecular weight is 276 g/mol. The van der Waals surface area contributed by atoms with Crippen LogP contribution in [0, 0.1) is 12.7 Å². The van der Waals surface area contributed by atoms with Crippen LogP contribution in [0.15, 0.2) is 24.3 Å². The highest BCUT2D eigenvalue weighted by Crippen LogP contribution is 2.13. The Hall–Kier alpha value is -2.37. The topological polar surface area (TPSA) is 83.8 Å². The van der Waals surface area contributed by atoms with E-state index >= 15 is 0 Å². The second-order valence-electron chi connectivity index (χ2n) is 4.82. The lowest BCUT2D eigenvalue weighted by atomic mass is 10.1. The Morgan fingerprint density at radius 2 is 2.10 bits per heavy atom. The SMILES string of the molecule is Cc1[nH]nc(C(=O)NC(C)Cc2ccc(F)cc2)c1N. The van der Waals surface area contributed by atoms with Crippen molar-refractivity contribution < 1.29 is 9.18 Å². The van der Waals surface area contributed by atoms with Crippen molar-refractivity contribution in [3.8, 4) is 0 Å². The minimum absolute atomic E-state index is 0.107. The third kappa shape index (κ3) is 3.14. The van der Waals surface area contributed by atoms with Crippen molar-refractivity contribution in [3.63, 3.8) is 0 Å². The summed E-state index contributed by atoms with van der Waals surface area (Å²) in [7, 11) is 0. The maximum atomic E-state index is 12.8. The smallest absolute Gasteiger partial charge is 0.274 e. The van der Waals surface area contributed by atoms with Crippen LogP contribution < -0.4 is 11.1 Å². The zero-order chi connectivity index (χ0) is 14.7. The molecule has 0 aliphatic heterocycles. The third-order valence-electron chi connectivity index (χ3n) is 3.04. The van der Waals surface area contributed by atoms with Crippen molar-refractivity contribution in [1.82, 2.24) is 15.5 Å². The van der Waals surface area contributed by atoms with Gasteiger partial charge in [0, 0.05) is 6.04 Å². The van der Waals surface area contributed by atoms with Crippen LogP contribution in [0.25, 0.3) is 0 Å². The van der Waals surface area contributed by atoms with Crippen LogP contribution in [-0.2, 0) is 6.42 Å². The summed E-state index contributed by atoms with van der Waals surface area (Å²) in [5.41, 5.74) is 7.93. The van der Waals surface area contributed by atoms with E-state index in [1.54, 1.807) is 19.1 Å². The first kappa shape index (κ1) is 14.0. The van der Waals surface area contributed by atoms with Gasteiger partial charge in [-0.3, -0.25) is 9.89 Å². The summed E-state index contributed by atoms with van der Waals surface area (Å²) in [5.74, 6) is -0.591. The number of rotatable bonds is 4. The summed E-state index contributed by atoms with van der Waals surface area (Å²) in [6.45, 7) is 3.62.